The second kappa shape index (κ2) is 9.13. The van der Waals surface area contributed by atoms with Crippen molar-refractivity contribution in [2.75, 3.05) is 27.6 Å². The number of ether oxygens (including phenoxy) is 4. The highest BCUT2D eigenvalue weighted by molar-refractivity contribution is 5.92. The molecule has 0 fully saturated rings. The first-order chi connectivity index (χ1) is 17.0. The molecule has 35 heavy (non-hydrogen) atoms. The summed E-state index contributed by atoms with van der Waals surface area (Å²) in [5, 5.41) is 20.2. The second-order valence-corrected chi connectivity index (χ2v) is 8.28. The minimum atomic E-state index is -0.135. The highest BCUT2D eigenvalue weighted by atomic mass is 16.7. The van der Waals surface area contributed by atoms with Gasteiger partial charge in [0.05, 0.1) is 14.2 Å². The summed E-state index contributed by atoms with van der Waals surface area (Å²) >= 11 is 0. The van der Waals surface area contributed by atoms with Crippen molar-refractivity contribution < 1.29 is 34.0 Å². The Morgan fingerprint density at radius 1 is 1.00 bits per heavy atom. The van der Waals surface area contributed by atoms with E-state index in [1.807, 2.05) is 12.1 Å². The molecule has 0 aromatic heterocycles. The number of hydrogen-bond acceptors (Lipinski definition) is 7. The number of nitrogens with zero attached hydrogens (tertiary/aromatic N) is 1. The van der Waals surface area contributed by atoms with Crippen LogP contribution in [0.25, 0.3) is 17.2 Å². The highest BCUT2D eigenvalue weighted by Crippen LogP contribution is 2.48. The lowest BCUT2D eigenvalue weighted by atomic mass is 9.89. The van der Waals surface area contributed by atoms with E-state index in [0.717, 1.165) is 27.8 Å². The molecule has 3 aromatic carbocycles. The summed E-state index contributed by atoms with van der Waals surface area (Å²) in [7, 11) is 2.98. The molecule has 2 aliphatic heterocycles. The summed E-state index contributed by atoms with van der Waals surface area (Å²) in [5.41, 5.74) is 4.33. The van der Waals surface area contributed by atoms with Crippen molar-refractivity contribution in [3.8, 4) is 45.6 Å². The molecule has 0 saturated heterocycles. The van der Waals surface area contributed by atoms with Crippen LogP contribution in [0.4, 0.5) is 0 Å². The Labute approximate surface area is 202 Å². The topological polar surface area (TPSA) is 97.7 Å². The van der Waals surface area contributed by atoms with E-state index >= 15 is 0 Å². The first-order valence-electron chi connectivity index (χ1n) is 11.1. The van der Waals surface area contributed by atoms with E-state index < -0.39 is 0 Å². The lowest BCUT2D eigenvalue weighted by Gasteiger charge is -2.30. The number of rotatable bonds is 5. The first kappa shape index (κ1) is 22.5. The van der Waals surface area contributed by atoms with Crippen LogP contribution in [-0.2, 0) is 17.8 Å². The first-order valence-corrected chi connectivity index (χ1v) is 11.1. The number of carbonyl (C=O) groups is 1. The van der Waals surface area contributed by atoms with Crippen molar-refractivity contribution >= 4 is 12.0 Å². The SMILES string of the molecule is COc1ccc(-c2c3c(cc4c2OCO4)CCN(C(=O)/C=C/c2ccc(O)c(OC)c2)C3)cc1O. The smallest absolute Gasteiger partial charge is 0.246 e. The summed E-state index contributed by atoms with van der Waals surface area (Å²) in [6.45, 7) is 1.06. The molecule has 180 valence electrons. The number of methoxy groups -OCH3 is 2. The molecular formula is C27H25NO7. The van der Waals surface area contributed by atoms with Crippen LogP contribution in [0.1, 0.15) is 16.7 Å². The van der Waals surface area contributed by atoms with Gasteiger partial charge < -0.3 is 34.1 Å². The van der Waals surface area contributed by atoms with Crippen molar-refractivity contribution in [1.82, 2.24) is 4.90 Å². The monoisotopic (exact) mass is 475 g/mol. The Balaban J connectivity index is 1.46. The standard InChI is InChI=1S/C27H25NO7/c1-32-22-7-5-18(12-21(22)30)26-19-14-28(10-9-17(19)13-24-27(26)35-15-34-24)25(31)8-4-16-3-6-20(29)23(11-16)33-2/h3-8,11-13,29-30H,9-10,14-15H2,1-2H3/b8-4+. The average molecular weight is 475 g/mol. The molecule has 0 unspecified atom stereocenters. The van der Waals surface area contributed by atoms with Crippen molar-refractivity contribution in [3.05, 3.63) is 65.2 Å². The molecule has 2 heterocycles. The molecule has 3 aromatic rings. The van der Waals surface area contributed by atoms with E-state index in [0.29, 0.717) is 42.5 Å². The zero-order valence-corrected chi connectivity index (χ0v) is 19.4. The molecule has 0 atom stereocenters. The number of amides is 1. The maximum Gasteiger partial charge on any atom is 0.246 e. The Hall–Kier alpha value is -4.33. The molecule has 0 aliphatic carbocycles. The van der Waals surface area contributed by atoms with E-state index in [9.17, 15) is 15.0 Å². The van der Waals surface area contributed by atoms with Gasteiger partial charge in [0, 0.05) is 24.7 Å². The van der Waals surface area contributed by atoms with Gasteiger partial charge in [0.1, 0.15) is 0 Å². The minimum absolute atomic E-state index is 0.0197. The number of aromatic hydroxyl groups is 2. The van der Waals surface area contributed by atoms with E-state index in [4.69, 9.17) is 18.9 Å². The predicted octanol–water partition coefficient (Wildman–Crippen LogP) is 4.11. The molecular weight excluding hydrogens is 450 g/mol. The average Bonchev–Trinajstić information content (AvgIpc) is 3.34. The molecule has 0 saturated carbocycles. The Morgan fingerprint density at radius 2 is 1.83 bits per heavy atom. The van der Waals surface area contributed by atoms with Crippen LogP contribution in [0.15, 0.2) is 48.5 Å². The van der Waals surface area contributed by atoms with Gasteiger partial charge in [-0.3, -0.25) is 4.79 Å². The van der Waals surface area contributed by atoms with Crippen molar-refractivity contribution in [2.45, 2.75) is 13.0 Å². The second-order valence-electron chi connectivity index (χ2n) is 8.28. The quantitative estimate of drug-likeness (QED) is 0.536. The van der Waals surface area contributed by atoms with Crippen LogP contribution >= 0.6 is 0 Å². The van der Waals surface area contributed by atoms with E-state index in [-0.39, 0.29) is 24.2 Å². The summed E-state index contributed by atoms with van der Waals surface area (Å²) in [5.74, 6) is 1.91. The van der Waals surface area contributed by atoms with E-state index in [1.54, 1.807) is 35.2 Å². The largest absolute Gasteiger partial charge is 0.504 e. The molecule has 8 nitrogen and oxygen atoms in total. The molecule has 2 aliphatic rings. The molecule has 8 heteroatoms. The van der Waals surface area contributed by atoms with Gasteiger partial charge >= 0.3 is 0 Å². The fourth-order valence-corrected chi connectivity index (χ4v) is 4.47. The van der Waals surface area contributed by atoms with Crippen LogP contribution in [0.3, 0.4) is 0 Å². The normalized spacial score (nSPS) is 14.2. The van der Waals surface area contributed by atoms with Crippen LogP contribution in [-0.4, -0.2) is 48.6 Å². The van der Waals surface area contributed by atoms with Gasteiger partial charge in [-0.05, 0) is 65.1 Å². The molecule has 5 rings (SSSR count). The predicted molar refractivity (Wildman–Crippen MR) is 129 cm³/mol. The summed E-state index contributed by atoms with van der Waals surface area (Å²) < 4.78 is 21.8. The third kappa shape index (κ3) is 4.19. The van der Waals surface area contributed by atoms with Gasteiger partial charge in [-0.25, -0.2) is 0 Å². The van der Waals surface area contributed by atoms with Crippen LogP contribution in [0.2, 0.25) is 0 Å². The van der Waals surface area contributed by atoms with Gasteiger partial charge in [0.2, 0.25) is 12.7 Å². The van der Waals surface area contributed by atoms with Gasteiger partial charge in [0.15, 0.2) is 34.5 Å². The summed E-state index contributed by atoms with van der Waals surface area (Å²) in [6.07, 6.45) is 3.87. The highest BCUT2D eigenvalue weighted by Gasteiger charge is 2.30. The number of fused-ring (bicyclic) bond motifs is 2. The Bertz CT molecular complexity index is 1330. The molecule has 0 radical (unpaired) electrons. The number of hydrogen-bond donors (Lipinski definition) is 2. The van der Waals surface area contributed by atoms with Crippen molar-refractivity contribution in [1.29, 1.82) is 0 Å². The van der Waals surface area contributed by atoms with Gasteiger partial charge in [0.25, 0.3) is 0 Å². The number of phenolic OH excluding ortho intramolecular Hbond substituents is 2. The number of benzene rings is 3. The summed E-state index contributed by atoms with van der Waals surface area (Å²) in [4.78, 5) is 14.8. The maximum absolute atomic E-state index is 13.1. The lowest BCUT2D eigenvalue weighted by molar-refractivity contribution is -0.126. The molecule has 2 N–H and O–H groups in total. The molecule has 0 spiro atoms. The van der Waals surface area contributed by atoms with Crippen LogP contribution < -0.4 is 18.9 Å². The van der Waals surface area contributed by atoms with Gasteiger partial charge in [-0.1, -0.05) is 12.1 Å². The molecule has 0 bridgehead atoms. The number of carbonyl (C=O) groups excluding carboxylic acids is 1. The number of phenols is 2. The lowest BCUT2D eigenvalue weighted by Crippen LogP contribution is -2.35. The zero-order valence-electron chi connectivity index (χ0n) is 19.4. The van der Waals surface area contributed by atoms with Gasteiger partial charge in [-0.15, -0.1) is 0 Å². The van der Waals surface area contributed by atoms with Crippen molar-refractivity contribution in [3.63, 3.8) is 0 Å². The van der Waals surface area contributed by atoms with Crippen LogP contribution in [0, 0.1) is 0 Å². The molecule has 1 amide bonds. The van der Waals surface area contributed by atoms with Crippen LogP contribution in [0.5, 0.6) is 34.5 Å². The van der Waals surface area contributed by atoms with Crippen molar-refractivity contribution in [2.24, 2.45) is 0 Å². The van der Waals surface area contributed by atoms with E-state index in [2.05, 4.69) is 0 Å². The van der Waals surface area contributed by atoms with E-state index in [1.165, 1.54) is 26.4 Å². The zero-order chi connectivity index (χ0) is 24.5. The Kier molecular flexibility index (Phi) is 5.86. The fourth-order valence-electron chi connectivity index (χ4n) is 4.47. The summed E-state index contributed by atoms with van der Waals surface area (Å²) in [6, 6.07) is 12.1. The third-order valence-electron chi connectivity index (χ3n) is 6.26. The fraction of sp³-hybridized carbons (Fsp3) is 0.222. The van der Waals surface area contributed by atoms with Gasteiger partial charge in [-0.2, -0.15) is 0 Å². The maximum atomic E-state index is 13.1. The third-order valence-corrected chi connectivity index (χ3v) is 6.26. The minimum Gasteiger partial charge on any atom is -0.504 e. The Morgan fingerprint density at radius 3 is 2.60 bits per heavy atom.